The van der Waals surface area contributed by atoms with Crippen LogP contribution in [-0.4, -0.2) is 52.6 Å². The van der Waals surface area contributed by atoms with Crippen LogP contribution in [0.5, 0.6) is 0 Å². The standard InChI is InChI=1S/C26H29Cl2N3O4/c1-3-14-29-24(33)22(4-2)31(16-19-20(27)11-7-12-21(19)28)23(32)13-8-15-30-25(34)17-9-5-6-10-18(17)26(30)35/h5-7,9-12,22H,3-4,8,13-16H2,1-2H3,(H,29,33). The van der Waals surface area contributed by atoms with Crippen molar-refractivity contribution in [2.24, 2.45) is 0 Å². The SMILES string of the molecule is CCCNC(=O)C(CC)N(Cc1c(Cl)cccc1Cl)C(=O)CCCN1C(=O)c2ccccc2C1=O. The number of rotatable bonds is 11. The summed E-state index contributed by atoms with van der Waals surface area (Å²) >= 11 is 12.7. The van der Waals surface area contributed by atoms with Gasteiger partial charge in [-0.1, -0.05) is 55.2 Å². The van der Waals surface area contributed by atoms with Crippen molar-refractivity contribution in [1.82, 2.24) is 15.1 Å². The van der Waals surface area contributed by atoms with Crippen LogP contribution in [0.2, 0.25) is 10.0 Å². The number of hydrogen-bond acceptors (Lipinski definition) is 4. The molecule has 0 saturated heterocycles. The molecule has 35 heavy (non-hydrogen) atoms. The molecule has 186 valence electrons. The van der Waals surface area contributed by atoms with Gasteiger partial charge in [-0.15, -0.1) is 0 Å². The van der Waals surface area contributed by atoms with E-state index in [0.717, 1.165) is 6.42 Å². The first-order chi connectivity index (χ1) is 16.8. The van der Waals surface area contributed by atoms with Gasteiger partial charge in [0, 0.05) is 41.7 Å². The molecule has 1 unspecified atom stereocenters. The minimum absolute atomic E-state index is 0.0486. The zero-order chi connectivity index (χ0) is 25.5. The molecule has 0 spiro atoms. The molecular formula is C26H29Cl2N3O4. The van der Waals surface area contributed by atoms with Crippen LogP contribution in [0.15, 0.2) is 42.5 Å². The normalized spacial score (nSPS) is 13.5. The van der Waals surface area contributed by atoms with Crippen molar-refractivity contribution in [3.05, 3.63) is 69.2 Å². The Morgan fingerprint density at radius 2 is 1.57 bits per heavy atom. The maximum Gasteiger partial charge on any atom is 0.261 e. The van der Waals surface area contributed by atoms with Crippen molar-refractivity contribution in [2.45, 2.75) is 52.1 Å². The molecule has 3 rings (SSSR count). The van der Waals surface area contributed by atoms with Crippen LogP contribution in [-0.2, 0) is 16.1 Å². The number of nitrogens with zero attached hydrogens (tertiary/aromatic N) is 2. The Labute approximate surface area is 215 Å². The predicted octanol–water partition coefficient (Wildman–Crippen LogP) is 4.70. The van der Waals surface area contributed by atoms with Crippen molar-refractivity contribution in [3.63, 3.8) is 0 Å². The molecule has 4 amide bonds. The van der Waals surface area contributed by atoms with Crippen LogP contribution in [0.4, 0.5) is 0 Å². The Morgan fingerprint density at radius 1 is 0.971 bits per heavy atom. The minimum atomic E-state index is -0.708. The Morgan fingerprint density at radius 3 is 2.11 bits per heavy atom. The number of hydrogen-bond donors (Lipinski definition) is 1. The quantitative estimate of drug-likeness (QED) is 0.437. The number of imide groups is 1. The van der Waals surface area contributed by atoms with Crippen molar-refractivity contribution >= 4 is 46.8 Å². The summed E-state index contributed by atoms with van der Waals surface area (Å²) in [6.07, 6.45) is 1.49. The number of amides is 4. The summed E-state index contributed by atoms with van der Waals surface area (Å²) in [4.78, 5) is 54.1. The number of benzene rings is 2. The van der Waals surface area contributed by atoms with Crippen LogP contribution < -0.4 is 5.32 Å². The smallest absolute Gasteiger partial charge is 0.261 e. The van der Waals surface area contributed by atoms with Crippen LogP contribution in [0.25, 0.3) is 0 Å². The van der Waals surface area contributed by atoms with E-state index in [4.69, 9.17) is 23.2 Å². The maximum atomic E-state index is 13.4. The summed E-state index contributed by atoms with van der Waals surface area (Å²) in [7, 11) is 0. The number of carbonyl (C=O) groups excluding carboxylic acids is 4. The molecule has 0 aromatic heterocycles. The van der Waals surface area contributed by atoms with Gasteiger partial charge in [0.15, 0.2) is 0 Å². The van der Waals surface area contributed by atoms with E-state index < -0.39 is 6.04 Å². The van der Waals surface area contributed by atoms with Crippen molar-refractivity contribution in [3.8, 4) is 0 Å². The number of carbonyl (C=O) groups is 4. The Balaban J connectivity index is 1.74. The third kappa shape index (κ3) is 6.03. The summed E-state index contributed by atoms with van der Waals surface area (Å²) in [6, 6.07) is 11.0. The van der Waals surface area contributed by atoms with Crippen LogP contribution in [0.1, 0.15) is 65.8 Å². The van der Waals surface area contributed by atoms with Gasteiger partial charge in [-0.05, 0) is 43.5 Å². The van der Waals surface area contributed by atoms with E-state index in [1.807, 2.05) is 13.8 Å². The van der Waals surface area contributed by atoms with Crippen LogP contribution in [0, 0.1) is 0 Å². The first kappa shape index (κ1) is 26.7. The fraction of sp³-hybridized carbons (Fsp3) is 0.385. The van der Waals surface area contributed by atoms with E-state index in [-0.39, 0.29) is 49.6 Å². The summed E-state index contributed by atoms with van der Waals surface area (Å²) in [5, 5.41) is 3.68. The molecule has 1 atom stereocenters. The van der Waals surface area contributed by atoms with Gasteiger partial charge in [-0.25, -0.2) is 0 Å². The summed E-state index contributed by atoms with van der Waals surface area (Å²) < 4.78 is 0. The van der Waals surface area contributed by atoms with E-state index in [2.05, 4.69) is 5.32 Å². The van der Waals surface area contributed by atoms with E-state index >= 15 is 0 Å². The summed E-state index contributed by atoms with van der Waals surface area (Å²) in [6.45, 7) is 4.47. The highest BCUT2D eigenvalue weighted by Gasteiger charge is 2.35. The second-order valence-corrected chi connectivity index (χ2v) is 9.16. The monoisotopic (exact) mass is 517 g/mol. The Bertz CT molecular complexity index is 1070. The molecule has 0 aliphatic carbocycles. The second kappa shape index (κ2) is 12.2. The molecule has 1 heterocycles. The summed E-state index contributed by atoms with van der Waals surface area (Å²) in [5.74, 6) is -1.24. The second-order valence-electron chi connectivity index (χ2n) is 8.35. The number of nitrogens with one attached hydrogen (secondary N) is 1. The average Bonchev–Trinajstić information content (AvgIpc) is 3.09. The van der Waals surface area contributed by atoms with E-state index in [1.165, 1.54) is 9.80 Å². The highest BCUT2D eigenvalue weighted by atomic mass is 35.5. The molecule has 0 fully saturated rings. The first-order valence-corrected chi connectivity index (χ1v) is 12.5. The topological polar surface area (TPSA) is 86.8 Å². The molecule has 0 saturated carbocycles. The van der Waals surface area contributed by atoms with Gasteiger partial charge >= 0.3 is 0 Å². The average molecular weight is 518 g/mol. The highest BCUT2D eigenvalue weighted by molar-refractivity contribution is 6.36. The minimum Gasteiger partial charge on any atom is -0.354 e. The molecule has 1 aliphatic rings. The zero-order valence-electron chi connectivity index (χ0n) is 19.9. The van der Waals surface area contributed by atoms with Gasteiger partial charge in [0.1, 0.15) is 6.04 Å². The zero-order valence-corrected chi connectivity index (χ0v) is 21.4. The van der Waals surface area contributed by atoms with Crippen molar-refractivity contribution in [1.29, 1.82) is 0 Å². The third-order valence-corrected chi connectivity index (χ3v) is 6.68. The van der Waals surface area contributed by atoms with E-state index in [0.29, 0.717) is 39.7 Å². The molecule has 1 N–H and O–H groups in total. The largest absolute Gasteiger partial charge is 0.354 e. The molecule has 0 radical (unpaired) electrons. The van der Waals surface area contributed by atoms with E-state index in [9.17, 15) is 19.2 Å². The fourth-order valence-electron chi connectivity index (χ4n) is 4.11. The molecule has 1 aliphatic heterocycles. The van der Waals surface area contributed by atoms with Gasteiger partial charge < -0.3 is 10.2 Å². The molecule has 2 aromatic carbocycles. The lowest BCUT2D eigenvalue weighted by Gasteiger charge is -2.31. The van der Waals surface area contributed by atoms with Gasteiger partial charge in [0.2, 0.25) is 11.8 Å². The van der Waals surface area contributed by atoms with Gasteiger partial charge in [0.25, 0.3) is 11.8 Å². The lowest BCUT2D eigenvalue weighted by atomic mass is 10.1. The number of halogens is 2. The maximum absolute atomic E-state index is 13.4. The number of fused-ring (bicyclic) bond motifs is 1. The lowest BCUT2D eigenvalue weighted by Crippen LogP contribution is -2.49. The summed E-state index contributed by atoms with van der Waals surface area (Å²) in [5.41, 5.74) is 1.31. The van der Waals surface area contributed by atoms with Gasteiger partial charge in [-0.3, -0.25) is 24.1 Å². The van der Waals surface area contributed by atoms with E-state index in [1.54, 1.807) is 42.5 Å². The molecule has 2 aromatic rings. The Hall–Kier alpha value is -2.90. The van der Waals surface area contributed by atoms with Gasteiger partial charge in [-0.2, -0.15) is 0 Å². The van der Waals surface area contributed by atoms with Crippen LogP contribution in [0.3, 0.4) is 0 Å². The predicted molar refractivity (Wildman–Crippen MR) is 135 cm³/mol. The van der Waals surface area contributed by atoms with Gasteiger partial charge in [0.05, 0.1) is 11.1 Å². The van der Waals surface area contributed by atoms with Crippen LogP contribution >= 0.6 is 23.2 Å². The highest BCUT2D eigenvalue weighted by Crippen LogP contribution is 2.28. The molecule has 0 bridgehead atoms. The Kier molecular flexibility index (Phi) is 9.29. The molecule has 9 heteroatoms. The molecular weight excluding hydrogens is 489 g/mol. The van der Waals surface area contributed by atoms with Crippen molar-refractivity contribution < 1.29 is 19.2 Å². The lowest BCUT2D eigenvalue weighted by molar-refractivity contribution is -0.141. The molecule has 7 nitrogen and oxygen atoms in total. The first-order valence-electron chi connectivity index (χ1n) is 11.7. The van der Waals surface area contributed by atoms with Crippen molar-refractivity contribution in [2.75, 3.05) is 13.1 Å². The fourth-order valence-corrected chi connectivity index (χ4v) is 4.63. The third-order valence-electron chi connectivity index (χ3n) is 5.98.